The molecule has 4 rings (SSSR count). The Morgan fingerprint density at radius 1 is 1.11 bits per heavy atom. The predicted octanol–water partition coefficient (Wildman–Crippen LogP) is 6.63. The largest absolute Gasteiger partial charge is 0.495 e. The van der Waals surface area contributed by atoms with Crippen LogP contribution in [0.15, 0.2) is 77.3 Å². The molecule has 1 heterocycles. The highest BCUT2D eigenvalue weighted by atomic mass is 35.5. The highest BCUT2D eigenvalue weighted by molar-refractivity contribution is 8.05. The minimum absolute atomic E-state index is 0.177. The third-order valence-electron chi connectivity index (χ3n) is 5.90. The Hall–Kier alpha value is -3.44. The van der Waals surface area contributed by atoms with Crippen molar-refractivity contribution in [2.75, 3.05) is 17.3 Å². The van der Waals surface area contributed by atoms with Crippen LogP contribution in [0.3, 0.4) is 0 Å². The molecule has 3 aromatic carbocycles. The van der Waals surface area contributed by atoms with E-state index in [4.69, 9.17) is 27.9 Å². The van der Waals surface area contributed by atoms with E-state index < -0.39 is 11.2 Å². The quantitative estimate of drug-likeness (QED) is 0.263. The molecule has 1 fully saturated rings. The molecule has 0 saturated carbocycles. The Bertz CT molecular complexity index is 1420. The minimum atomic E-state index is -0.640. The van der Waals surface area contributed by atoms with Crippen molar-refractivity contribution in [1.82, 2.24) is 0 Å². The van der Waals surface area contributed by atoms with E-state index in [1.807, 2.05) is 43.3 Å². The highest BCUT2D eigenvalue weighted by Gasteiger charge is 2.41. The highest BCUT2D eigenvalue weighted by Crippen LogP contribution is 2.43. The van der Waals surface area contributed by atoms with E-state index in [0.717, 1.165) is 23.7 Å². The third-order valence-corrected chi connectivity index (χ3v) is 8.02. The molecule has 1 unspecified atom stereocenters. The van der Waals surface area contributed by atoms with Gasteiger partial charge in [-0.05, 0) is 54.3 Å². The zero-order chi connectivity index (χ0) is 26.5. The van der Waals surface area contributed by atoms with E-state index in [-0.39, 0.29) is 22.9 Å². The Balaban J connectivity index is 1.75. The summed E-state index contributed by atoms with van der Waals surface area (Å²) in [5.41, 5.74) is 2.62. The van der Waals surface area contributed by atoms with Crippen LogP contribution in [0, 0.1) is 11.3 Å². The summed E-state index contributed by atoms with van der Waals surface area (Å²) in [6.45, 7) is 2.04. The van der Waals surface area contributed by atoms with Crippen LogP contribution in [0.4, 0.5) is 11.4 Å². The number of methoxy groups -OCH3 is 1. The Morgan fingerprint density at radius 3 is 2.51 bits per heavy atom. The average Bonchev–Trinajstić information content (AvgIpc) is 3.22. The second-order valence-corrected chi connectivity index (χ2v) is 10.1. The monoisotopic (exact) mass is 551 g/mol. The van der Waals surface area contributed by atoms with Gasteiger partial charge in [0.05, 0.1) is 28.1 Å². The number of anilines is 2. The Morgan fingerprint density at radius 2 is 1.84 bits per heavy atom. The number of para-hydroxylation sites is 2. The molecule has 6 nitrogen and oxygen atoms in total. The molecular formula is C28H23Cl2N3O3S. The van der Waals surface area contributed by atoms with Crippen LogP contribution in [0.2, 0.25) is 10.0 Å². The van der Waals surface area contributed by atoms with Gasteiger partial charge in [-0.25, -0.2) is 0 Å². The molecule has 188 valence electrons. The van der Waals surface area contributed by atoms with Crippen molar-refractivity contribution in [2.24, 2.45) is 0 Å². The number of thioether (sulfide) groups is 1. The number of rotatable bonds is 7. The summed E-state index contributed by atoms with van der Waals surface area (Å²) in [5.74, 6) is -0.439. The number of carbonyl (C=O) groups is 2. The standard InChI is InChI=1S/C28H23Cl2N3O3S/c1-3-17-11-13-19(14-12-17)33-27(35)24(15-18-7-6-8-21(29)25(18)30)37-28(33)20(16-31)26(34)32-22-9-4-5-10-23(22)36-2/h4-14,24H,3,15H2,1-2H3,(H,32,34)/b28-20-. The van der Waals surface area contributed by atoms with Gasteiger partial charge in [0.25, 0.3) is 5.91 Å². The number of hydrogen-bond acceptors (Lipinski definition) is 5. The summed E-state index contributed by atoms with van der Waals surface area (Å²) in [5, 5.41) is 13.2. The molecule has 0 bridgehead atoms. The van der Waals surface area contributed by atoms with Crippen molar-refractivity contribution in [3.63, 3.8) is 0 Å². The number of aryl methyl sites for hydroxylation is 1. The van der Waals surface area contributed by atoms with Crippen LogP contribution in [0.1, 0.15) is 18.1 Å². The summed E-state index contributed by atoms with van der Waals surface area (Å²) < 4.78 is 5.31. The lowest BCUT2D eigenvalue weighted by Crippen LogP contribution is -2.31. The second kappa shape index (κ2) is 11.7. The van der Waals surface area contributed by atoms with Gasteiger partial charge < -0.3 is 10.1 Å². The topological polar surface area (TPSA) is 82.4 Å². The fourth-order valence-electron chi connectivity index (χ4n) is 3.94. The first-order chi connectivity index (χ1) is 17.9. The lowest BCUT2D eigenvalue weighted by molar-refractivity contribution is -0.117. The van der Waals surface area contributed by atoms with Crippen LogP contribution in [-0.2, 0) is 22.4 Å². The van der Waals surface area contributed by atoms with Gasteiger partial charge in [0.15, 0.2) is 0 Å². The summed E-state index contributed by atoms with van der Waals surface area (Å²) in [6.07, 6.45) is 1.12. The van der Waals surface area contributed by atoms with Gasteiger partial charge in [-0.1, -0.05) is 78.3 Å². The number of nitriles is 1. The van der Waals surface area contributed by atoms with Crippen molar-refractivity contribution >= 4 is 58.2 Å². The fourth-order valence-corrected chi connectivity index (χ4v) is 5.63. The van der Waals surface area contributed by atoms with E-state index in [1.54, 1.807) is 36.4 Å². The van der Waals surface area contributed by atoms with Crippen LogP contribution >= 0.6 is 35.0 Å². The van der Waals surface area contributed by atoms with Gasteiger partial charge in [-0.15, -0.1) is 0 Å². The Labute approximate surface area is 229 Å². The number of carbonyl (C=O) groups excluding carboxylic acids is 2. The molecular weight excluding hydrogens is 529 g/mol. The minimum Gasteiger partial charge on any atom is -0.495 e. The maximum absolute atomic E-state index is 13.7. The number of amides is 2. The van der Waals surface area contributed by atoms with Crippen molar-refractivity contribution in [3.8, 4) is 11.8 Å². The maximum Gasteiger partial charge on any atom is 0.269 e. The van der Waals surface area contributed by atoms with Crippen molar-refractivity contribution in [3.05, 3.63) is 98.5 Å². The van der Waals surface area contributed by atoms with E-state index >= 15 is 0 Å². The molecule has 2 amide bonds. The number of benzene rings is 3. The van der Waals surface area contributed by atoms with Crippen molar-refractivity contribution in [1.29, 1.82) is 5.26 Å². The van der Waals surface area contributed by atoms with Crippen LogP contribution in [-0.4, -0.2) is 24.2 Å². The molecule has 1 saturated heterocycles. The number of hydrogen-bond donors (Lipinski definition) is 1. The molecule has 0 spiro atoms. The molecule has 1 aliphatic rings. The van der Waals surface area contributed by atoms with E-state index in [1.165, 1.54) is 12.0 Å². The number of nitrogens with zero attached hydrogens (tertiary/aromatic N) is 2. The van der Waals surface area contributed by atoms with Gasteiger partial charge in [0, 0.05) is 5.69 Å². The smallest absolute Gasteiger partial charge is 0.269 e. The Kier molecular flexibility index (Phi) is 8.45. The second-order valence-electron chi connectivity index (χ2n) is 8.16. The molecule has 1 atom stereocenters. The SMILES string of the molecule is CCc1ccc(N2C(=O)C(Cc3cccc(Cl)c3Cl)S/C2=C(/C#N)C(=O)Nc2ccccc2OC)cc1. The molecule has 3 aromatic rings. The summed E-state index contributed by atoms with van der Waals surface area (Å²) in [7, 11) is 1.49. The molecule has 0 aromatic heterocycles. The molecule has 1 N–H and O–H groups in total. The summed E-state index contributed by atoms with van der Waals surface area (Å²) >= 11 is 13.7. The van der Waals surface area contributed by atoms with Crippen LogP contribution in [0.25, 0.3) is 0 Å². The first kappa shape index (κ1) is 26.6. The lowest BCUT2D eigenvalue weighted by atomic mass is 10.1. The van der Waals surface area contributed by atoms with Gasteiger partial charge in [0.1, 0.15) is 22.4 Å². The van der Waals surface area contributed by atoms with E-state index in [2.05, 4.69) is 5.32 Å². The average molecular weight is 552 g/mol. The van der Waals surface area contributed by atoms with Gasteiger partial charge in [-0.2, -0.15) is 5.26 Å². The first-order valence-electron chi connectivity index (χ1n) is 11.5. The van der Waals surface area contributed by atoms with Gasteiger partial charge in [0.2, 0.25) is 5.91 Å². The lowest BCUT2D eigenvalue weighted by Gasteiger charge is -2.19. The maximum atomic E-state index is 13.7. The first-order valence-corrected chi connectivity index (χ1v) is 13.1. The van der Waals surface area contributed by atoms with E-state index in [9.17, 15) is 14.9 Å². The zero-order valence-electron chi connectivity index (χ0n) is 20.1. The molecule has 1 aliphatic heterocycles. The van der Waals surface area contributed by atoms with Crippen LogP contribution < -0.4 is 15.0 Å². The van der Waals surface area contributed by atoms with Crippen LogP contribution in [0.5, 0.6) is 5.75 Å². The summed E-state index contributed by atoms with van der Waals surface area (Å²) in [6, 6.07) is 21.7. The molecule has 0 aliphatic carbocycles. The zero-order valence-corrected chi connectivity index (χ0v) is 22.5. The number of nitrogens with one attached hydrogen (secondary N) is 1. The normalized spacial score (nSPS) is 16.4. The van der Waals surface area contributed by atoms with E-state index in [0.29, 0.717) is 32.7 Å². The fraction of sp³-hybridized carbons (Fsp3) is 0.179. The number of halogens is 2. The molecule has 9 heteroatoms. The molecule has 37 heavy (non-hydrogen) atoms. The van der Waals surface area contributed by atoms with Gasteiger partial charge in [-0.3, -0.25) is 14.5 Å². The van der Waals surface area contributed by atoms with Crippen molar-refractivity contribution in [2.45, 2.75) is 25.0 Å². The van der Waals surface area contributed by atoms with Gasteiger partial charge >= 0.3 is 0 Å². The van der Waals surface area contributed by atoms with Crippen molar-refractivity contribution < 1.29 is 14.3 Å². The third kappa shape index (κ3) is 5.62. The summed E-state index contributed by atoms with van der Waals surface area (Å²) in [4.78, 5) is 28.5. The molecule has 0 radical (unpaired) electrons. The number of ether oxygens (including phenoxy) is 1. The predicted molar refractivity (Wildman–Crippen MR) is 149 cm³/mol.